The van der Waals surface area contributed by atoms with E-state index in [1.165, 1.54) is 11.1 Å². The van der Waals surface area contributed by atoms with E-state index in [1.807, 2.05) is 13.0 Å². The van der Waals surface area contributed by atoms with E-state index >= 15 is 0 Å². The van der Waals surface area contributed by atoms with E-state index < -0.39 is 0 Å². The van der Waals surface area contributed by atoms with E-state index in [9.17, 15) is 0 Å². The van der Waals surface area contributed by atoms with Gasteiger partial charge in [0.1, 0.15) is 0 Å². The molecular weight excluding hydrogens is 182 g/mol. The van der Waals surface area contributed by atoms with Gasteiger partial charge >= 0.3 is 0 Å². The van der Waals surface area contributed by atoms with Crippen LogP contribution >= 0.6 is 0 Å². The highest BCUT2D eigenvalue weighted by atomic mass is 14.2. The third kappa shape index (κ3) is 5.02. The molecule has 1 aromatic rings. The summed E-state index contributed by atoms with van der Waals surface area (Å²) in [6, 6.07) is 12.7. The minimum Gasteiger partial charge on any atom is -0.198 e. The SMILES string of the molecule is CC(=CCCCc1ccccc1)CC#N. The fourth-order valence-electron chi connectivity index (χ4n) is 1.50. The van der Waals surface area contributed by atoms with Gasteiger partial charge in [-0.15, -0.1) is 0 Å². The number of nitrogens with zero attached hydrogens (tertiary/aromatic N) is 1. The molecule has 0 N–H and O–H groups in total. The number of aryl methyl sites for hydroxylation is 1. The lowest BCUT2D eigenvalue weighted by atomic mass is 10.1. The topological polar surface area (TPSA) is 23.8 Å². The van der Waals surface area contributed by atoms with E-state index in [0.717, 1.165) is 19.3 Å². The van der Waals surface area contributed by atoms with Crippen LogP contribution in [0.4, 0.5) is 0 Å². The summed E-state index contributed by atoms with van der Waals surface area (Å²) < 4.78 is 0. The summed E-state index contributed by atoms with van der Waals surface area (Å²) in [4.78, 5) is 0. The van der Waals surface area contributed by atoms with Crippen LogP contribution in [0.15, 0.2) is 42.0 Å². The molecule has 15 heavy (non-hydrogen) atoms. The number of hydrogen-bond acceptors (Lipinski definition) is 1. The molecule has 0 saturated heterocycles. The van der Waals surface area contributed by atoms with E-state index in [1.54, 1.807) is 0 Å². The number of benzene rings is 1. The lowest BCUT2D eigenvalue weighted by molar-refractivity contribution is 0.836. The van der Waals surface area contributed by atoms with Gasteiger partial charge in [0.25, 0.3) is 0 Å². The van der Waals surface area contributed by atoms with Gasteiger partial charge in [-0.3, -0.25) is 0 Å². The number of allylic oxidation sites excluding steroid dienone is 2. The summed E-state index contributed by atoms with van der Waals surface area (Å²) in [6.45, 7) is 2.02. The Kier molecular flexibility index (Phi) is 5.25. The third-order valence-corrected chi connectivity index (χ3v) is 2.36. The first-order valence-corrected chi connectivity index (χ1v) is 5.39. The van der Waals surface area contributed by atoms with Crippen LogP contribution in [0.1, 0.15) is 31.7 Å². The first-order chi connectivity index (χ1) is 7.33. The molecular formula is C14H17N. The van der Waals surface area contributed by atoms with E-state index in [4.69, 9.17) is 5.26 Å². The molecule has 0 atom stereocenters. The van der Waals surface area contributed by atoms with E-state index in [-0.39, 0.29) is 0 Å². The lowest BCUT2D eigenvalue weighted by Crippen LogP contribution is -1.83. The summed E-state index contributed by atoms with van der Waals surface area (Å²) in [5, 5.41) is 8.48. The molecule has 1 heteroatoms. The van der Waals surface area contributed by atoms with Crippen molar-refractivity contribution >= 4 is 0 Å². The molecule has 78 valence electrons. The van der Waals surface area contributed by atoms with Crippen molar-refractivity contribution in [3.05, 3.63) is 47.5 Å². The number of rotatable bonds is 5. The highest BCUT2D eigenvalue weighted by Crippen LogP contribution is 2.07. The van der Waals surface area contributed by atoms with Gasteiger partial charge in [-0.05, 0) is 31.7 Å². The van der Waals surface area contributed by atoms with Crippen molar-refractivity contribution in [2.75, 3.05) is 0 Å². The molecule has 1 nitrogen and oxygen atoms in total. The standard InChI is InChI=1S/C14H17N/c1-13(11-12-15)7-5-6-10-14-8-3-2-4-9-14/h2-4,7-9H,5-6,10-11H2,1H3. The summed E-state index contributed by atoms with van der Waals surface area (Å²) >= 11 is 0. The normalized spacial score (nSPS) is 11.1. The Bertz CT molecular complexity index is 343. The Morgan fingerprint density at radius 3 is 2.73 bits per heavy atom. The maximum Gasteiger partial charge on any atom is 0.0666 e. The molecule has 1 aromatic carbocycles. The maximum absolute atomic E-state index is 8.48. The lowest BCUT2D eigenvalue weighted by Gasteiger charge is -1.99. The maximum atomic E-state index is 8.48. The van der Waals surface area contributed by atoms with Crippen LogP contribution in [0.25, 0.3) is 0 Å². The van der Waals surface area contributed by atoms with Crippen molar-refractivity contribution in [1.29, 1.82) is 5.26 Å². The van der Waals surface area contributed by atoms with Gasteiger partial charge in [0.2, 0.25) is 0 Å². The van der Waals surface area contributed by atoms with Crippen LogP contribution in [0, 0.1) is 11.3 Å². The van der Waals surface area contributed by atoms with Crippen LogP contribution in [0.5, 0.6) is 0 Å². The first-order valence-electron chi connectivity index (χ1n) is 5.39. The molecule has 0 saturated carbocycles. The fourth-order valence-corrected chi connectivity index (χ4v) is 1.50. The van der Waals surface area contributed by atoms with Crippen molar-refractivity contribution < 1.29 is 0 Å². The zero-order valence-corrected chi connectivity index (χ0v) is 9.24. The summed E-state index contributed by atoms with van der Waals surface area (Å²) in [6.07, 6.45) is 6.09. The van der Waals surface area contributed by atoms with Crippen LogP contribution in [-0.2, 0) is 6.42 Å². The molecule has 0 aliphatic rings. The smallest absolute Gasteiger partial charge is 0.0666 e. The number of unbranched alkanes of at least 4 members (excludes halogenated alkanes) is 1. The first kappa shape index (κ1) is 11.5. The largest absolute Gasteiger partial charge is 0.198 e. The van der Waals surface area contributed by atoms with Gasteiger partial charge in [-0.2, -0.15) is 5.26 Å². The van der Waals surface area contributed by atoms with E-state index in [0.29, 0.717) is 6.42 Å². The molecule has 0 heterocycles. The van der Waals surface area contributed by atoms with Crippen molar-refractivity contribution in [2.45, 2.75) is 32.6 Å². The monoisotopic (exact) mass is 199 g/mol. The highest BCUT2D eigenvalue weighted by Gasteiger charge is 1.91. The average molecular weight is 199 g/mol. The number of hydrogen-bond donors (Lipinski definition) is 0. The summed E-state index contributed by atoms with van der Waals surface area (Å²) in [5.74, 6) is 0. The van der Waals surface area contributed by atoms with Crippen molar-refractivity contribution in [3.8, 4) is 6.07 Å². The van der Waals surface area contributed by atoms with E-state index in [2.05, 4.69) is 36.4 Å². The van der Waals surface area contributed by atoms with Crippen molar-refractivity contribution in [2.24, 2.45) is 0 Å². The summed E-state index contributed by atoms with van der Waals surface area (Å²) in [7, 11) is 0. The molecule has 0 amide bonds. The third-order valence-electron chi connectivity index (χ3n) is 2.36. The fraction of sp³-hybridized carbons (Fsp3) is 0.357. The van der Waals surface area contributed by atoms with Crippen molar-refractivity contribution in [1.82, 2.24) is 0 Å². The molecule has 0 aliphatic carbocycles. The molecule has 1 rings (SSSR count). The predicted octanol–water partition coefficient (Wildman–Crippen LogP) is 3.87. The Balaban J connectivity index is 2.23. The zero-order valence-electron chi connectivity index (χ0n) is 9.24. The Labute approximate surface area is 92.1 Å². The Morgan fingerprint density at radius 2 is 2.07 bits per heavy atom. The van der Waals surface area contributed by atoms with Crippen LogP contribution in [0.3, 0.4) is 0 Å². The minimum atomic E-state index is 0.561. The second kappa shape index (κ2) is 6.84. The van der Waals surface area contributed by atoms with Gasteiger partial charge < -0.3 is 0 Å². The average Bonchev–Trinajstić information content (AvgIpc) is 2.26. The Morgan fingerprint density at radius 1 is 1.33 bits per heavy atom. The zero-order chi connectivity index (χ0) is 10.9. The molecule has 0 bridgehead atoms. The number of nitriles is 1. The van der Waals surface area contributed by atoms with Gasteiger partial charge in [-0.25, -0.2) is 0 Å². The molecule has 0 aromatic heterocycles. The van der Waals surface area contributed by atoms with Crippen LogP contribution in [0.2, 0.25) is 0 Å². The van der Waals surface area contributed by atoms with Crippen molar-refractivity contribution in [3.63, 3.8) is 0 Å². The molecule has 0 unspecified atom stereocenters. The second-order valence-corrected chi connectivity index (χ2v) is 3.76. The van der Waals surface area contributed by atoms with Gasteiger partial charge in [0.05, 0.1) is 12.5 Å². The van der Waals surface area contributed by atoms with Gasteiger partial charge in [0.15, 0.2) is 0 Å². The molecule has 0 aliphatic heterocycles. The van der Waals surface area contributed by atoms with Crippen LogP contribution in [-0.4, -0.2) is 0 Å². The highest BCUT2D eigenvalue weighted by molar-refractivity contribution is 5.14. The molecule has 0 fully saturated rings. The minimum absolute atomic E-state index is 0.561. The molecule has 0 spiro atoms. The quantitative estimate of drug-likeness (QED) is 0.521. The molecule has 0 radical (unpaired) electrons. The van der Waals surface area contributed by atoms with Gasteiger partial charge in [0, 0.05) is 0 Å². The summed E-state index contributed by atoms with van der Waals surface area (Å²) in [5.41, 5.74) is 2.58. The Hall–Kier alpha value is -1.55. The predicted molar refractivity (Wildman–Crippen MR) is 63.4 cm³/mol. The van der Waals surface area contributed by atoms with Crippen LogP contribution < -0.4 is 0 Å². The second-order valence-electron chi connectivity index (χ2n) is 3.76. The van der Waals surface area contributed by atoms with Gasteiger partial charge in [-0.1, -0.05) is 42.0 Å².